The van der Waals surface area contributed by atoms with Gasteiger partial charge in [-0.05, 0) is 41.1 Å². The van der Waals surface area contributed by atoms with Crippen LogP contribution in [0.5, 0.6) is 0 Å². The second-order valence-electron chi connectivity index (χ2n) is 5.13. The van der Waals surface area contributed by atoms with Gasteiger partial charge < -0.3 is 0 Å². The predicted molar refractivity (Wildman–Crippen MR) is 94.3 cm³/mol. The van der Waals surface area contributed by atoms with Crippen molar-refractivity contribution < 1.29 is 9.59 Å². The molecule has 0 amide bonds. The van der Waals surface area contributed by atoms with Gasteiger partial charge in [0.05, 0.1) is 0 Å². The van der Waals surface area contributed by atoms with Crippen LogP contribution in [0.25, 0.3) is 21.8 Å². The topological polar surface area (TPSA) is 59.9 Å². The lowest BCUT2D eigenvalue weighted by molar-refractivity contribution is 0.111. The molecule has 0 fully saturated rings. The zero-order chi connectivity index (χ0) is 16.8. The SMILES string of the molecule is O=Cc1ccc2ccccc2c1.O=Cc1ccc2cccnc2n1. The maximum atomic E-state index is 10.5. The summed E-state index contributed by atoms with van der Waals surface area (Å²) in [6, 6.07) is 20.9. The molecule has 0 aliphatic heterocycles. The lowest BCUT2D eigenvalue weighted by Gasteiger charge is -1.96. The molecule has 4 aromatic rings. The fraction of sp³-hybridized carbons (Fsp3) is 0. The third-order valence-corrected chi connectivity index (χ3v) is 3.52. The molecular weight excluding hydrogens is 300 g/mol. The Morgan fingerprint density at radius 3 is 2.25 bits per heavy atom. The van der Waals surface area contributed by atoms with Crippen LogP contribution in [0.15, 0.2) is 72.9 Å². The highest BCUT2D eigenvalue weighted by molar-refractivity contribution is 5.88. The van der Waals surface area contributed by atoms with Crippen LogP contribution in [0.2, 0.25) is 0 Å². The first-order valence-electron chi connectivity index (χ1n) is 7.41. The molecule has 2 heterocycles. The van der Waals surface area contributed by atoms with E-state index in [-0.39, 0.29) is 0 Å². The summed E-state index contributed by atoms with van der Waals surface area (Å²) >= 11 is 0. The van der Waals surface area contributed by atoms with Gasteiger partial charge in [-0.15, -0.1) is 0 Å². The molecule has 0 atom stereocenters. The molecule has 0 aliphatic carbocycles. The zero-order valence-corrected chi connectivity index (χ0v) is 12.8. The van der Waals surface area contributed by atoms with E-state index in [1.807, 2.05) is 60.7 Å². The van der Waals surface area contributed by atoms with E-state index in [2.05, 4.69) is 9.97 Å². The second kappa shape index (κ2) is 7.24. The molecule has 0 unspecified atom stereocenters. The molecule has 0 radical (unpaired) electrons. The fourth-order valence-corrected chi connectivity index (χ4v) is 2.31. The number of carbonyl (C=O) groups excluding carboxylic acids is 2. The van der Waals surface area contributed by atoms with E-state index >= 15 is 0 Å². The van der Waals surface area contributed by atoms with Crippen molar-refractivity contribution in [3.8, 4) is 0 Å². The lowest BCUT2D eigenvalue weighted by Crippen LogP contribution is -1.88. The molecule has 0 saturated carbocycles. The normalized spacial score (nSPS) is 10.0. The molecule has 116 valence electrons. The molecule has 0 saturated heterocycles. The summed E-state index contributed by atoms with van der Waals surface area (Å²) in [5, 5.41) is 3.23. The lowest BCUT2D eigenvalue weighted by atomic mass is 10.1. The van der Waals surface area contributed by atoms with Crippen molar-refractivity contribution in [3.05, 3.63) is 84.2 Å². The van der Waals surface area contributed by atoms with Gasteiger partial charge >= 0.3 is 0 Å². The Balaban J connectivity index is 0.000000141. The average Bonchev–Trinajstić information content (AvgIpc) is 2.67. The minimum atomic E-state index is 0.418. The van der Waals surface area contributed by atoms with E-state index in [4.69, 9.17) is 0 Å². The third kappa shape index (κ3) is 3.50. The summed E-state index contributed by atoms with van der Waals surface area (Å²) in [6.07, 6.45) is 3.24. The van der Waals surface area contributed by atoms with Crippen molar-refractivity contribution >= 4 is 34.4 Å². The van der Waals surface area contributed by atoms with Crippen molar-refractivity contribution in [2.75, 3.05) is 0 Å². The monoisotopic (exact) mass is 314 g/mol. The Kier molecular flexibility index (Phi) is 4.68. The number of rotatable bonds is 2. The Bertz CT molecular complexity index is 929. The number of fused-ring (bicyclic) bond motifs is 2. The average molecular weight is 314 g/mol. The van der Waals surface area contributed by atoms with Gasteiger partial charge in [0.15, 0.2) is 11.9 Å². The van der Waals surface area contributed by atoms with Crippen LogP contribution >= 0.6 is 0 Å². The van der Waals surface area contributed by atoms with Gasteiger partial charge in [0.25, 0.3) is 0 Å². The standard InChI is InChI=1S/C11H8O.C9H6N2O/c12-8-9-5-6-10-3-1-2-4-11(10)7-9;12-6-8-4-3-7-2-1-5-10-9(7)11-8/h1-8H;1-6H. The van der Waals surface area contributed by atoms with Crippen molar-refractivity contribution in [2.45, 2.75) is 0 Å². The second-order valence-corrected chi connectivity index (χ2v) is 5.13. The van der Waals surface area contributed by atoms with E-state index in [1.165, 1.54) is 5.39 Å². The van der Waals surface area contributed by atoms with Crippen molar-refractivity contribution in [1.29, 1.82) is 0 Å². The summed E-state index contributed by atoms with van der Waals surface area (Å²) < 4.78 is 0. The van der Waals surface area contributed by atoms with E-state index < -0.39 is 0 Å². The molecule has 0 bridgehead atoms. The van der Waals surface area contributed by atoms with Gasteiger partial charge in [-0.1, -0.05) is 36.4 Å². The molecule has 0 N–H and O–H groups in total. The smallest absolute Gasteiger partial charge is 0.168 e. The zero-order valence-electron chi connectivity index (χ0n) is 12.8. The number of carbonyl (C=O) groups is 2. The molecule has 0 spiro atoms. The highest BCUT2D eigenvalue weighted by Gasteiger charge is 1.95. The molecule has 24 heavy (non-hydrogen) atoms. The number of hydrogen-bond donors (Lipinski definition) is 0. The summed E-state index contributed by atoms with van der Waals surface area (Å²) in [4.78, 5) is 28.8. The van der Waals surface area contributed by atoms with Crippen molar-refractivity contribution in [3.63, 3.8) is 0 Å². The van der Waals surface area contributed by atoms with Crippen LogP contribution in [0, 0.1) is 0 Å². The molecular formula is C20H14N2O2. The minimum absolute atomic E-state index is 0.418. The van der Waals surface area contributed by atoms with Gasteiger partial charge in [-0.2, -0.15) is 0 Å². The van der Waals surface area contributed by atoms with Crippen molar-refractivity contribution in [1.82, 2.24) is 9.97 Å². The summed E-state index contributed by atoms with van der Waals surface area (Å²) in [5.74, 6) is 0. The van der Waals surface area contributed by atoms with Crippen LogP contribution in [0.3, 0.4) is 0 Å². The Hall–Kier alpha value is -3.40. The van der Waals surface area contributed by atoms with E-state index in [1.54, 1.807) is 12.3 Å². The van der Waals surface area contributed by atoms with Gasteiger partial charge in [-0.25, -0.2) is 9.97 Å². The Morgan fingerprint density at radius 2 is 1.46 bits per heavy atom. The van der Waals surface area contributed by atoms with Crippen LogP contribution in [-0.2, 0) is 0 Å². The Labute approximate surface area is 138 Å². The first-order chi connectivity index (χ1) is 11.8. The summed E-state index contributed by atoms with van der Waals surface area (Å²) in [5.41, 5.74) is 1.76. The number of aldehydes is 2. The summed E-state index contributed by atoms with van der Waals surface area (Å²) in [7, 11) is 0. The highest BCUT2D eigenvalue weighted by Crippen LogP contribution is 2.14. The molecule has 2 aromatic carbocycles. The largest absolute Gasteiger partial charge is 0.298 e. The molecule has 4 nitrogen and oxygen atoms in total. The van der Waals surface area contributed by atoms with Crippen LogP contribution in [0.1, 0.15) is 20.8 Å². The number of nitrogens with zero attached hydrogens (tertiary/aromatic N) is 2. The predicted octanol–water partition coefficient (Wildman–Crippen LogP) is 4.09. The highest BCUT2D eigenvalue weighted by atomic mass is 16.1. The van der Waals surface area contributed by atoms with Gasteiger partial charge in [-0.3, -0.25) is 9.59 Å². The first kappa shape index (κ1) is 15.5. The van der Waals surface area contributed by atoms with Crippen molar-refractivity contribution in [2.24, 2.45) is 0 Å². The maximum Gasteiger partial charge on any atom is 0.168 e. The van der Waals surface area contributed by atoms with Crippen LogP contribution in [-0.4, -0.2) is 22.5 Å². The van der Waals surface area contributed by atoms with Gasteiger partial charge in [0.1, 0.15) is 12.0 Å². The first-order valence-corrected chi connectivity index (χ1v) is 7.41. The van der Waals surface area contributed by atoms with Crippen LogP contribution in [0.4, 0.5) is 0 Å². The summed E-state index contributed by atoms with van der Waals surface area (Å²) in [6.45, 7) is 0. The van der Waals surface area contributed by atoms with E-state index in [0.717, 1.165) is 22.6 Å². The van der Waals surface area contributed by atoms with Gasteiger partial charge in [0, 0.05) is 17.1 Å². The number of aromatic nitrogens is 2. The molecule has 4 rings (SSSR count). The molecule has 0 aliphatic rings. The maximum absolute atomic E-state index is 10.5. The van der Waals surface area contributed by atoms with Crippen LogP contribution < -0.4 is 0 Å². The quantitative estimate of drug-likeness (QED) is 0.523. The van der Waals surface area contributed by atoms with E-state index in [0.29, 0.717) is 17.6 Å². The third-order valence-electron chi connectivity index (χ3n) is 3.52. The number of benzene rings is 2. The Morgan fingerprint density at radius 1 is 0.708 bits per heavy atom. The molecule has 2 aromatic heterocycles. The number of hydrogen-bond acceptors (Lipinski definition) is 4. The van der Waals surface area contributed by atoms with E-state index in [9.17, 15) is 9.59 Å². The fourth-order valence-electron chi connectivity index (χ4n) is 2.31. The number of pyridine rings is 2. The minimum Gasteiger partial charge on any atom is -0.298 e. The van der Waals surface area contributed by atoms with Gasteiger partial charge in [0.2, 0.25) is 0 Å². The molecule has 4 heteroatoms.